The van der Waals surface area contributed by atoms with Gasteiger partial charge in [0.15, 0.2) is 0 Å². The number of H-pyrrole nitrogens is 1. The molecule has 6 nitrogen and oxygen atoms in total. The molecule has 3 heterocycles. The highest BCUT2D eigenvalue weighted by Gasteiger charge is 2.42. The first-order valence-electron chi connectivity index (χ1n) is 9.02. The Morgan fingerprint density at radius 1 is 1.24 bits per heavy atom. The van der Waals surface area contributed by atoms with Crippen molar-refractivity contribution in [1.82, 2.24) is 20.5 Å². The summed E-state index contributed by atoms with van der Waals surface area (Å²) in [7, 11) is 1.70. The SMILES string of the molecule is COc1ccc2[nH]c(CN3CCC4(CC3)NCCNC4=O)c(C)c2c1. The average molecular weight is 342 g/mol. The van der Waals surface area contributed by atoms with Gasteiger partial charge in [0.1, 0.15) is 11.3 Å². The van der Waals surface area contributed by atoms with Crippen molar-refractivity contribution in [3.05, 3.63) is 29.5 Å². The number of piperazine rings is 1. The Kier molecular flexibility index (Phi) is 4.17. The van der Waals surface area contributed by atoms with E-state index in [4.69, 9.17) is 4.74 Å². The number of carbonyl (C=O) groups excluding carboxylic acids is 1. The highest BCUT2D eigenvalue weighted by molar-refractivity contribution is 5.87. The van der Waals surface area contributed by atoms with E-state index in [1.807, 2.05) is 6.07 Å². The third-order valence-electron chi connectivity index (χ3n) is 5.77. The van der Waals surface area contributed by atoms with Crippen LogP contribution in [0.3, 0.4) is 0 Å². The van der Waals surface area contributed by atoms with Crippen LogP contribution < -0.4 is 15.4 Å². The molecule has 2 fully saturated rings. The van der Waals surface area contributed by atoms with Gasteiger partial charge in [0.05, 0.1) is 7.11 Å². The molecule has 1 aromatic carbocycles. The maximum absolute atomic E-state index is 12.3. The van der Waals surface area contributed by atoms with E-state index in [1.54, 1.807) is 7.11 Å². The predicted molar refractivity (Wildman–Crippen MR) is 97.8 cm³/mol. The molecule has 2 aromatic rings. The van der Waals surface area contributed by atoms with Crippen molar-refractivity contribution >= 4 is 16.8 Å². The summed E-state index contributed by atoms with van der Waals surface area (Å²) in [4.78, 5) is 18.2. The van der Waals surface area contributed by atoms with E-state index >= 15 is 0 Å². The van der Waals surface area contributed by atoms with Gasteiger partial charge in [-0.2, -0.15) is 0 Å². The fourth-order valence-electron chi connectivity index (χ4n) is 4.09. The first-order chi connectivity index (χ1) is 12.1. The number of nitrogens with one attached hydrogen (secondary N) is 3. The van der Waals surface area contributed by atoms with Crippen molar-refractivity contribution in [3.63, 3.8) is 0 Å². The highest BCUT2D eigenvalue weighted by atomic mass is 16.5. The molecule has 0 bridgehead atoms. The van der Waals surface area contributed by atoms with Crippen LogP contribution in [0.15, 0.2) is 18.2 Å². The third-order valence-corrected chi connectivity index (χ3v) is 5.77. The van der Waals surface area contributed by atoms with E-state index < -0.39 is 0 Å². The number of hydrogen-bond acceptors (Lipinski definition) is 4. The monoisotopic (exact) mass is 342 g/mol. The number of carbonyl (C=O) groups is 1. The second kappa shape index (κ2) is 6.35. The molecule has 1 spiro atoms. The number of aryl methyl sites for hydroxylation is 1. The number of nitrogens with zero attached hydrogens (tertiary/aromatic N) is 1. The van der Waals surface area contributed by atoms with Crippen LogP contribution in [0.25, 0.3) is 10.9 Å². The number of amides is 1. The van der Waals surface area contributed by atoms with E-state index in [0.29, 0.717) is 0 Å². The van der Waals surface area contributed by atoms with Gasteiger partial charge in [-0.25, -0.2) is 0 Å². The van der Waals surface area contributed by atoms with Crippen molar-refractivity contribution in [1.29, 1.82) is 0 Å². The lowest BCUT2D eigenvalue weighted by atomic mass is 9.85. The number of aromatic amines is 1. The van der Waals surface area contributed by atoms with Crippen LogP contribution in [-0.2, 0) is 11.3 Å². The summed E-state index contributed by atoms with van der Waals surface area (Å²) in [6.07, 6.45) is 1.73. The van der Waals surface area contributed by atoms with Crippen molar-refractivity contribution in [2.45, 2.75) is 31.8 Å². The number of hydrogen-bond donors (Lipinski definition) is 3. The Bertz CT molecular complexity index is 790. The zero-order valence-corrected chi connectivity index (χ0v) is 14.9. The van der Waals surface area contributed by atoms with Gasteiger partial charge < -0.3 is 20.4 Å². The van der Waals surface area contributed by atoms with Crippen molar-refractivity contribution < 1.29 is 9.53 Å². The molecular formula is C19H26N4O2. The minimum atomic E-state index is -0.350. The van der Waals surface area contributed by atoms with Crippen molar-refractivity contribution in [2.24, 2.45) is 0 Å². The van der Waals surface area contributed by atoms with Crippen LogP contribution >= 0.6 is 0 Å². The summed E-state index contributed by atoms with van der Waals surface area (Å²) in [6.45, 7) is 6.52. The van der Waals surface area contributed by atoms with Gasteiger partial charge in [-0.3, -0.25) is 9.69 Å². The standard InChI is InChI=1S/C19H26N4O2/c1-13-15-11-14(25-2)3-4-16(15)22-17(13)12-23-9-5-19(6-10-23)18(24)20-7-8-21-19/h3-4,11,21-22H,5-10,12H2,1-2H3,(H,20,24). The fraction of sp³-hybridized carbons (Fsp3) is 0.526. The summed E-state index contributed by atoms with van der Waals surface area (Å²) < 4.78 is 5.34. The van der Waals surface area contributed by atoms with E-state index in [-0.39, 0.29) is 11.4 Å². The summed E-state index contributed by atoms with van der Waals surface area (Å²) in [5.41, 5.74) is 3.33. The average Bonchev–Trinajstić information content (AvgIpc) is 2.95. The van der Waals surface area contributed by atoms with E-state index in [9.17, 15) is 4.79 Å². The number of benzene rings is 1. The Hall–Kier alpha value is -2.05. The first kappa shape index (κ1) is 16.4. The van der Waals surface area contributed by atoms with Crippen molar-refractivity contribution in [2.75, 3.05) is 33.3 Å². The zero-order valence-electron chi connectivity index (χ0n) is 14.9. The number of piperidine rings is 1. The largest absolute Gasteiger partial charge is 0.497 e. The van der Waals surface area contributed by atoms with Crippen LogP contribution in [0, 0.1) is 6.92 Å². The topological polar surface area (TPSA) is 69.4 Å². The molecule has 1 aromatic heterocycles. The number of likely N-dealkylation sites (tertiary alicyclic amines) is 1. The molecular weight excluding hydrogens is 316 g/mol. The molecule has 0 saturated carbocycles. The molecule has 25 heavy (non-hydrogen) atoms. The lowest BCUT2D eigenvalue weighted by molar-refractivity contribution is -0.131. The van der Waals surface area contributed by atoms with Crippen LogP contribution in [0.5, 0.6) is 5.75 Å². The number of methoxy groups -OCH3 is 1. The molecule has 2 aliphatic rings. The minimum Gasteiger partial charge on any atom is -0.497 e. The first-order valence-corrected chi connectivity index (χ1v) is 9.02. The molecule has 0 radical (unpaired) electrons. The van der Waals surface area contributed by atoms with Gasteiger partial charge in [-0.1, -0.05) is 0 Å². The van der Waals surface area contributed by atoms with E-state index in [1.165, 1.54) is 16.6 Å². The molecule has 3 N–H and O–H groups in total. The molecule has 6 heteroatoms. The maximum atomic E-state index is 12.3. The Morgan fingerprint density at radius 3 is 2.76 bits per heavy atom. The number of fused-ring (bicyclic) bond motifs is 1. The second-order valence-electron chi connectivity index (χ2n) is 7.18. The van der Waals surface area contributed by atoms with Crippen LogP contribution in [0.1, 0.15) is 24.1 Å². The molecule has 0 unspecified atom stereocenters. The van der Waals surface area contributed by atoms with Gasteiger partial charge in [0.25, 0.3) is 0 Å². The van der Waals surface area contributed by atoms with Gasteiger partial charge in [0, 0.05) is 49.3 Å². The lowest BCUT2D eigenvalue weighted by Crippen LogP contribution is -2.66. The fourth-order valence-corrected chi connectivity index (χ4v) is 4.09. The van der Waals surface area contributed by atoms with E-state index in [2.05, 4.69) is 39.6 Å². The van der Waals surface area contributed by atoms with Crippen LogP contribution in [0.2, 0.25) is 0 Å². The smallest absolute Gasteiger partial charge is 0.240 e. The maximum Gasteiger partial charge on any atom is 0.240 e. The lowest BCUT2D eigenvalue weighted by Gasteiger charge is -2.43. The molecule has 1 amide bonds. The molecule has 2 saturated heterocycles. The minimum absolute atomic E-state index is 0.173. The number of aromatic nitrogens is 1. The van der Waals surface area contributed by atoms with Crippen molar-refractivity contribution in [3.8, 4) is 5.75 Å². The number of rotatable bonds is 3. The molecule has 4 rings (SSSR count). The molecule has 134 valence electrons. The molecule has 0 aliphatic carbocycles. The second-order valence-corrected chi connectivity index (χ2v) is 7.18. The highest BCUT2D eigenvalue weighted by Crippen LogP contribution is 2.29. The summed E-state index contributed by atoms with van der Waals surface area (Å²) in [5, 5.41) is 7.68. The van der Waals surface area contributed by atoms with Gasteiger partial charge >= 0.3 is 0 Å². The zero-order chi connectivity index (χ0) is 17.4. The summed E-state index contributed by atoms with van der Waals surface area (Å²) in [5.74, 6) is 1.06. The number of ether oxygens (including phenoxy) is 1. The van der Waals surface area contributed by atoms with Gasteiger partial charge in [-0.15, -0.1) is 0 Å². The summed E-state index contributed by atoms with van der Waals surface area (Å²) >= 11 is 0. The van der Waals surface area contributed by atoms with Gasteiger partial charge in [-0.05, 0) is 43.5 Å². The Labute approximate surface area is 147 Å². The summed E-state index contributed by atoms with van der Waals surface area (Å²) in [6, 6.07) is 6.15. The predicted octanol–water partition coefficient (Wildman–Crippen LogP) is 1.54. The normalized spacial score (nSPS) is 20.8. The Balaban J connectivity index is 1.47. The molecule has 0 atom stereocenters. The van der Waals surface area contributed by atoms with Crippen LogP contribution in [-0.4, -0.2) is 54.6 Å². The Morgan fingerprint density at radius 2 is 2.04 bits per heavy atom. The van der Waals surface area contributed by atoms with E-state index in [0.717, 1.165) is 56.8 Å². The molecule has 2 aliphatic heterocycles. The van der Waals surface area contributed by atoms with Gasteiger partial charge in [0.2, 0.25) is 5.91 Å². The third kappa shape index (κ3) is 2.89. The van der Waals surface area contributed by atoms with Crippen LogP contribution in [0.4, 0.5) is 0 Å². The quantitative estimate of drug-likeness (QED) is 0.791.